The number of likely N-dealkylation sites (tertiary alicyclic amines) is 1. The van der Waals surface area contributed by atoms with E-state index in [9.17, 15) is 9.59 Å². The van der Waals surface area contributed by atoms with Crippen LogP contribution in [0.15, 0.2) is 35.2 Å². The van der Waals surface area contributed by atoms with Crippen molar-refractivity contribution >= 4 is 23.3 Å². The Hall–Kier alpha value is -2.41. The number of piperidine rings is 1. The van der Waals surface area contributed by atoms with Crippen molar-refractivity contribution in [1.82, 2.24) is 15.2 Å². The zero-order valence-electron chi connectivity index (χ0n) is 14.8. The fraction of sp³-hybridized carbons (Fsp3) is 0.421. The van der Waals surface area contributed by atoms with Crippen molar-refractivity contribution in [2.75, 3.05) is 19.6 Å². The van der Waals surface area contributed by atoms with E-state index in [1.807, 2.05) is 31.2 Å². The number of rotatable bonds is 5. The summed E-state index contributed by atoms with van der Waals surface area (Å²) in [5.74, 6) is 0.241. The van der Waals surface area contributed by atoms with Gasteiger partial charge in [0.2, 0.25) is 0 Å². The number of nitrogens with one attached hydrogen (secondary N) is 1. The maximum atomic E-state index is 12.2. The predicted molar refractivity (Wildman–Crippen MR) is 100 cm³/mol. The normalized spacial score (nSPS) is 14.9. The van der Waals surface area contributed by atoms with Gasteiger partial charge in [0.05, 0.1) is 5.51 Å². The van der Waals surface area contributed by atoms with Gasteiger partial charge in [0.25, 0.3) is 5.91 Å². The molecule has 0 radical (unpaired) electrons. The summed E-state index contributed by atoms with van der Waals surface area (Å²) in [6.07, 6.45) is 1.45. The second-order valence-corrected chi connectivity index (χ2v) is 7.27. The van der Waals surface area contributed by atoms with E-state index in [4.69, 9.17) is 4.74 Å². The highest BCUT2D eigenvalue weighted by atomic mass is 32.1. The average Bonchev–Trinajstić information content (AvgIpc) is 3.21. The van der Waals surface area contributed by atoms with E-state index in [0.29, 0.717) is 37.9 Å². The molecule has 7 heteroatoms. The van der Waals surface area contributed by atoms with Crippen molar-refractivity contribution in [2.24, 2.45) is 5.92 Å². The molecule has 1 aliphatic heterocycles. The standard InChI is InChI=1S/C19H23N3O3S/c1-14-2-4-16(5-3-14)11-25-19(24)22-8-6-15(7-9-22)10-20-18(23)17-12-26-13-21-17/h2-5,12-13,15H,6-11H2,1H3,(H,20,23). The number of carbonyl (C=O) groups is 2. The van der Waals surface area contributed by atoms with Crippen molar-refractivity contribution in [3.63, 3.8) is 0 Å². The lowest BCUT2D eigenvalue weighted by atomic mass is 9.97. The number of hydrogen-bond donors (Lipinski definition) is 1. The van der Waals surface area contributed by atoms with E-state index < -0.39 is 0 Å². The molecule has 2 heterocycles. The molecule has 0 aliphatic carbocycles. The molecular formula is C19H23N3O3S. The third-order valence-corrected chi connectivity index (χ3v) is 5.16. The fourth-order valence-corrected chi connectivity index (χ4v) is 3.42. The van der Waals surface area contributed by atoms with E-state index in [2.05, 4.69) is 10.3 Å². The molecule has 1 aromatic carbocycles. The summed E-state index contributed by atoms with van der Waals surface area (Å²) in [5.41, 5.74) is 4.29. The number of ether oxygens (including phenoxy) is 1. The van der Waals surface area contributed by atoms with E-state index in [0.717, 1.165) is 18.4 Å². The highest BCUT2D eigenvalue weighted by molar-refractivity contribution is 7.07. The molecule has 3 rings (SSSR count). The SMILES string of the molecule is Cc1ccc(COC(=O)N2CCC(CNC(=O)c3cscn3)CC2)cc1. The Kier molecular flexibility index (Phi) is 6.22. The van der Waals surface area contributed by atoms with Crippen LogP contribution in [0.4, 0.5) is 4.79 Å². The Bertz CT molecular complexity index is 723. The molecule has 0 saturated carbocycles. The molecular weight excluding hydrogens is 350 g/mol. The Labute approximate surface area is 157 Å². The number of aryl methyl sites for hydroxylation is 1. The van der Waals surface area contributed by atoms with Crippen LogP contribution >= 0.6 is 11.3 Å². The van der Waals surface area contributed by atoms with Crippen molar-refractivity contribution < 1.29 is 14.3 Å². The minimum Gasteiger partial charge on any atom is -0.445 e. The van der Waals surface area contributed by atoms with Gasteiger partial charge >= 0.3 is 6.09 Å². The first kappa shape index (κ1) is 18.4. The fourth-order valence-electron chi connectivity index (χ4n) is 2.89. The smallest absolute Gasteiger partial charge is 0.410 e. The number of aromatic nitrogens is 1. The van der Waals surface area contributed by atoms with Crippen LogP contribution in [0.2, 0.25) is 0 Å². The molecule has 2 amide bonds. The first-order valence-electron chi connectivity index (χ1n) is 8.75. The van der Waals surface area contributed by atoms with Gasteiger partial charge in [-0.05, 0) is 31.2 Å². The quantitative estimate of drug-likeness (QED) is 0.873. The molecule has 1 N–H and O–H groups in total. The average molecular weight is 373 g/mol. The Morgan fingerprint density at radius 2 is 2.00 bits per heavy atom. The number of thiazole rings is 1. The van der Waals surface area contributed by atoms with Crippen molar-refractivity contribution in [2.45, 2.75) is 26.4 Å². The summed E-state index contributed by atoms with van der Waals surface area (Å²) in [6.45, 7) is 4.25. The van der Waals surface area contributed by atoms with Crippen LogP contribution in [-0.4, -0.2) is 41.5 Å². The van der Waals surface area contributed by atoms with Crippen LogP contribution in [0.5, 0.6) is 0 Å². The summed E-state index contributed by atoms with van der Waals surface area (Å²) >= 11 is 1.41. The highest BCUT2D eigenvalue weighted by Gasteiger charge is 2.24. The maximum absolute atomic E-state index is 12.2. The first-order valence-corrected chi connectivity index (χ1v) is 9.70. The zero-order chi connectivity index (χ0) is 18.4. The Morgan fingerprint density at radius 3 is 2.65 bits per heavy atom. The maximum Gasteiger partial charge on any atom is 0.410 e. The molecule has 26 heavy (non-hydrogen) atoms. The largest absolute Gasteiger partial charge is 0.445 e. The molecule has 0 unspecified atom stereocenters. The monoisotopic (exact) mass is 373 g/mol. The summed E-state index contributed by atoms with van der Waals surface area (Å²) in [7, 11) is 0. The molecule has 138 valence electrons. The molecule has 1 fully saturated rings. The van der Waals surface area contributed by atoms with Gasteiger partial charge < -0.3 is 15.0 Å². The Balaban J connectivity index is 1.37. The van der Waals surface area contributed by atoms with Crippen LogP contribution in [0, 0.1) is 12.8 Å². The number of amides is 2. The lowest BCUT2D eigenvalue weighted by molar-refractivity contribution is 0.0800. The predicted octanol–water partition coefficient (Wildman–Crippen LogP) is 3.23. The lowest BCUT2D eigenvalue weighted by Crippen LogP contribution is -2.41. The Morgan fingerprint density at radius 1 is 1.27 bits per heavy atom. The van der Waals surface area contributed by atoms with E-state index in [1.54, 1.807) is 15.8 Å². The van der Waals surface area contributed by atoms with Crippen LogP contribution in [0.1, 0.15) is 34.5 Å². The number of hydrogen-bond acceptors (Lipinski definition) is 5. The molecule has 0 spiro atoms. The molecule has 1 aliphatic rings. The molecule has 0 bridgehead atoms. The number of nitrogens with zero attached hydrogens (tertiary/aromatic N) is 2. The molecule has 0 atom stereocenters. The highest BCUT2D eigenvalue weighted by Crippen LogP contribution is 2.18. The van der Waals surface area contributed by atoms with Crippen molar-refractivity contribution in [3.8, 4) is 0 Å². The second-order valence-electron chi connectivity index (χ2n) is 6.55. The van der Waals surface area contributed by atoms with Crippen LogP contribution in [-0.2, 0) is 11.3 Å². The minimum atomic E-state index is -0.268. The lowest BCUT2D eigenvalue weighted by Gasteiger charge is -2.31. The number of carbonyl (C=O) groups excluding carboxylic acids is 2. The topological polar surface area (TPSA) is 71.5 Å². The number of benzene rings is 1. The molecule has 6 nitrogen and oxygen atoms in total. The van der Waals surface area contributed by atoms with E-state index in [1.165, 1.54) is 16.9 Å². The van der Waals surface area contributed by atoms with Gasteiger partial charge in [-0.3, -0.25) is 4.79 Å². The first-order chi connectivity index (χ1) is 12.6. The molecule has 1 saturated heterocycles. The van der Waals surface area contributed by atoms with Crippen molar-refractivity contribution in [3.05, 3.63) is 52.0 Å². The van der Waals surface area contributed by atoms with Crippen LogP contribution in [0.3, 0.4) is 0 Å². The van der Waals surface area contributed by atoms with Gasteiger partial charge in [-0.15, -0.1) is 11.3 Å². The summed E-state index contributed by atoms with van der Waals surface area (Å²) in [5, 5.41) is 4.66. The summed E-state index contributed by atoms with van der Waals surface area (Å²) in [4.78, 5) is 29.8. The summed E-state index contributed by atoms with van der Waals surface area (Å²) < 4.78 is 5.40. The summed E-state index contributed by atoms with van der Waals surface area (Å²) in [6, 6.07) is 7.96. The van der Waals surface area contributed by atoms with Crippen LogP contribution in [0.25, 0.3) is 0 Å². The molecule has 2 aromatic rings. The minimum absolute atomic E-state index is 0.133. The van der Waals surface area contributed by atoms with Gasteiger partial charge in [0.15, 0.2) is 0 Å². The van der Waals surface area contributed by atoms with Crippen LogP contribution < -0.4 is 5.32 Å². The van der Waals surface area contributed by atoms with E-state index in [-0.39, 0.29) is 12.0 Å². The molecule has 1 aromatic heterocycles. The van der Waals surface area contributed by atoms with Crippen molar-refractivity contribution in [1.29, 1.82) is 0 Å². The second kappa shape index (κ2) is 8.80. The van der Waals surface area contributed by atoms with Gasteiger partial charge in [-0.25, -0.2) is 9.78 Å². The third kappa shape index (κ3) is 5.05. The van der Waals surface area contributed by atoms with Gasteiger partial charge in [0.1, 0.15) is 12.3 Å². The zero-order valence-corrected chi connectivity index (χ0v) is 15.6. The van der Waals surface area contributed by atoms with E-state index >= 15 is 0 Å². The van der Waals surface area contributed by atoms with Gasteiger partial charge in [0, 0.05) is 25.0 Å². The third-order valence-electron chi connectivity index (χ3n) is 4.57. The van der Waals surface area contributed by atoms with Gasteiger partial charge in [-0.2, -0.15) is 0 Å². The van der Waals surface area contributed by atoms with Gasteiger partial charge in [-0.1, -0.05) is 29.8 Å².